The fourth-order valence-corrected chi connectivity index (χ4v) is 2.65. The van der Waals surface area contributed by atoms with E-state index in [1.807, 2.05) is 0 Å². The lowest BCUT2D eigenvalue weighted by Gasteiger charge is -2.17. The third kappa shape index (κ3) is 2.99. The zero-order valence-corrected chi connectivity index (χ0v) is 11.2. The molecule has 0 unspecified atom stereocenters. The Labute approximate surface area is 108 Å². The Balaban J connectivity index is 2.06. The van der Waals surface area contributed by atoms with Crippen molar-refractivity contribution < 1.29 is 4.79 Å². The molecule has 1 aliphatic heterocycles. The smallest absolute Gasteiger partial charge is 0.234 e. The molecule has 1 aromatic rings. The van der Waals surface area contributed by atoms with Gasteiger partial charge in [0.1, 0.15) is 0 Å². The minimum atomic E-state index is 0.0910. The Morgan fingerprint density at radius 1 is 1.50 bits per heavy atom. The Morgan fingerprint density at radius 2 is 2.38 bits per heavy atom. The number of amides is 1. The number of rotatable bonds is 4. The summed E-state index contributed by atoms with van der Waals surface area (Å²) in [4.78, 5) is 12.4. The van der Waals surface area contributed by atoms with Gasteiger partial charge in [0.2, 0.25) is 5.91 Å². The van der Waals surface area contributed by atoms with E-state index >= 15 is 0 Å². The predicted octanol–water partition coefficient (Wildman–Crippen LogP) is 2.22. The van der Waals surface area contributed by atoms with Gasteiger partial charge in [-0.15, -0.1) is 11.8 Å². The Morgan fingerprint density at radius 3 is 3.19 bits per heavy atom. The topological polar surface area (TPSA) is 41.1 Å². The summed E-state index contributed by atoms with van der Waals surface area (Å²) in [5, 5.41) is 6.11. The van der Waals surface area contributed by atoms with E-state index in [9.17, 15) is 4.79 Å². The van der Waals surface area contributed by atoms with E-state index < -0.39 is 0 Å². The van der Waals surface area contributed by atoms with Crippen LogP contribution in [0.4, 0.5) is 5.69 Å². The molecule has 16 heavy (non-hydrogen) atoms. The summed E-state index contributed by atoms with van der Waals surface area (Å²) in [6.45, 7) is 0.936. The molecule has 2 rings (SSSR count). The monoisotopic (exact) mass is 300 g/mol. The molecular weight excluding hydrogens is 288 g/mol. The average molecular weight is 301 g/mol. The third-order valence-electron chi connectivity index (χ3n) is 2.36. The van der Waals surface area contributed by atoms with E-state index in [2.05, 4.69) is 44.8 Å². The average Bonchev–Trinajstić information content (AvgIpc) is 2.29. The summed E-state index contributed by atoms with van der Waals surface area (Å²) in [6, 6.07) is 6.28. The molecule has 1 heterocycles. The Hall–Kier alpha value is -0.520. The van der Waals surface area contributed by atoms with Crippen LogP contribution in [0.2, 0.25) is 0 Å². The highest BCUT2D eigenvalue weighted by Gasteiger charge is 2.14. The molecule has 3 nitrogen and oxygen atoms in total. The van der Waals surface area contributed by atoms with E-state index in [-0.39, 0.29) is 5.91 Å². The lowest BCUT2D eigenvalue weighted by molar-refractivity contribution is -0.113. The number of nitrogens with one attached hydrogen (secondary N) is 2. The van der Waals surface area contributed by atoms with Gasteiger partial charge in [0.25, 0.3) is 0 Å². The molecule has 1 amide bonds. The Kier molecular flexibility index (Phi) is 4.26. The predicted molar refractivity (Wildman–Crippen MR) is 71.3 cm³/mol. The van der Waals surface area contributed by atoms with Crippen LogP contribution in [0, 0.1) is 0 Å². The molecule has 86 valence electrons. The largest absolute Gasteiger partial charge is 0.324 e. The van der Waals surface area contributed by atoms with E-state index in [4.69, 9.17) is 0 Å². The highest BCUT2D eigenvalue weighted by atomic mass is 79.9. The molecule has 0 fully saturated rings. The molecule has 1 aliphatic rings. The van der Waals surface area contributed by atoms with Crippen molar-refractivity contribution in [2.45, 2.75) is 11.3 Å². The summed E-state index contributed by atoms with van der Waals surface area (Å²) in [7, 11) is 0. The second-order valence-electron chi connectivity index (χ2n) is 3.55. The zero-order chi connectivity index (χ0) is 11.4. The van der Waals surface area contributed by atoms with Crippen LogP contribution in [-0.4, -0.2) is 23.7 Å². The molecule has 0 atom stereocenters. The first-order valence-electron chi connectivity index (χ1n) is 5.12. The number of fused-ring (bicyclic) bond motifs is 1. The van der Waals surface area contributed by atoms with Gasteiger partial charge in [-0.05, 0) is 30.7 Å². The van der Waals surface area contributed by atoms with Crippen molar-refractivity contribution >= 4 is 39.3 Å². The van der Waals surface area contributed by atoms with Gasteiger partial charge in [-0.2, -0.15) is 0 Å². The van der Waals surface area contributed by atoms with Crippen molar-refractivity contribution in [3.05, 3.63) is 23.8 Å². The third-order valence-corrected chi connectivity index (χ3v) is 3.83. The van der Waals surface area contributed by atoms with E-state index in [0.717, 1.165) is 29.0 Å². The van der Waals surface area contributed by atoms with Gasteiger partial charge in [-0.25, -0.2) is 0 Å². The minimum absolute atomic E-state index is 0.0910. The van der Waals surface area contributed by atoms with Gasteiger partial charge in [0.15, 0.2) is 0 Å². The fourth-order valence-electron chi connectivity index (χ4n) is 1.59. The van der Waals surface area contributed by atoms with Gasteiger partial charge in [0.05, 0.1) is 16.9 Å². The minimum Gasteiger partial charge on any atom is -0.324 e. The number of alkyl halides is 1. The zero-order valence-electron chi connectivity index (χ0n) is 8.75. The van der Waals surface area contributed by atoms with E-state index in [0.29, 0.717) is 5.75 Å². The van der Waals surface area contributed by atoms with Crippen LogP contribution in [0.25, 0.3) is 0 Å². The lowest BCUT2D eigenvalue weighted by atomic mass is 10.1. The van der Waals surface area contributed by atoms with E-state index in [1.165, 1.54) is 5.56 Å². The maximum atomic E-state index is 11.2. The second-order valence-corrected chi connectivity index (χ2v) is 5.13. The van der Waals surface area contributed by atoms with E-state index in [1.54, 1.807) is 11.8 Å². The van der Waals surface area contributed by atoms with Crippen LogP contribution in [0.15, 0.2) is 23.1 Å². The lowest BCUT2D eigenvalue weighted by Crippen LogP contribution is -2.19. The van der Waals surface area contributed by atoms with Crippen LogP contribution in [-0.2, 0) is 11.2 Å². The maximum absolute atomic E-state index is 11.2. The van der Waals surface area contributed by atoms with Crippen molar-refractivity contribution in [2.75, 3.05) is 23.1 Å². The Bertz CT molecular complexity index is 398. The fraction of sp³-hybridized carbons (Fsp3) is 0.364. The molecule has 0 aromatic heterocycles. The number of hydrogen-bond acceptors (Lipinski definition) is 3. The molecule has 0 spiro atoms. The molecule has 0 aliphatic carbocycles. The van der Waals surface area contributed by atoms with Crippen molar-refractivity contribution in [1.29, 1.82) is 0 Å². The molecule has 0 bridgehead atoms. The first-order valence-corrected chi connectivity index (χ1v) is 7.22. The quantitative estimate of drug-likeness (QED) is 0.509. The van der Waals surface area contributed by atoms with Crippen LogP contribution >= 0.6 is 27.7 Å². The molecule has 5 heteroatoms. The normalized spacial score (nSPS) is 14.4. The van der Waals surface area contributed by atoms with Crippen LogP contribution in [0.3, 0.4) is 0 Å². The molecule has 0 radical (unpaired) electrons. The standard InChI is InChI=1S/C11H13BrN2OS/c12-7-13-4-3-8-1-2-10-9(5-8)14-11(15)6-16-10/h1-2,5,13H,3-4,6-7H2,(H,14,15). The number of hydrogen-bond donors (Lipinski definition) is 2. The van der Waals surface area contributed by atoms with Crippen LogP contribution in [0.1, 0.15) is 5.56 Å². The first-order chi connectivity index (χ1) is 7.79. The highest BCUT2D eigenvalue weighted by Crippen LogP contribution is 2.31. The maximum Gasteiger partial charge on any atom is 0.234 e. The summed E-state index contributed by atoms with van der Waals surface area (Å²) < 4.78 is 0. The van der Waals surface area contributed by atoms with Crippen LogP contribution < -0.4 is 10.6 Å². The summed E-state index contributed by atoms with van der Waals surface area (Å²) >= 11 is 4.92. The second kappa shape index (κ2) is 5.70. The number of carbonyl (C=O) groups is 1. The van der Waals surface area contributed by atoms with Crippen molar-refractivity contribution in [3.8, 4) is 0 Å². The number of carbonyl (C=O) groups excluding carboxylic acids is 1. The molecule has 2 N–H and O–H groups in total. The summed E-state index contributed by atoms with van der Waals surface area (Å²) in [6.07, 6.45) is 0.972. The molecule has 1 aromatic carbocycles. The number of halogens is 1. The van der Waals surface area contributed by atoms with Crippen molar-refractivity contribution in [1.82, 2.24) is 5.32 Å². The highest BCUT2D eigenvalue weighted by molar-refractivity contribution is 9.09. The van der Waals surface area contributed by atoms with Gasteiger partial charge >= 0.3 is 0 Å². The van der Waals surface area contributed by atoms with Gasteiger partial charge in [0, 0.05) is 4.90 Å². The number of thioether (sulfide) groups is 1. The van der Waals surface area contributed by atoms with Crippen molar-refractivity contribution in [2.24, 2.45) is 0 Å². The SMILES string of the molecule is O=C1CSc2ccc(CCNCBr)cc2N1. The van der Waals surface area contributed by atoms with Crippen LogP contribution in [0.5, 0.6) is 0 Å². The van der Waals surface area contributed by atoms with Gasteiger partial charge in [-0.3, -0.25) is 4.79 Å². The summed E-state index contributed by atoms with van der Waals surface area (Å²) in [5.41, 5.74) is 3.01. The van der Waals surface area contributed by atoms with Gasteiger partial charge < -0.3 is 10.6 Å². The molecule has 0 saturated heterocycles. The van der Waals surface area contributed by atoms with Crippen molar-refractivity contribution in [3.63, 3.8) is 0 Å². The number of anilines is 1. The van der Waals surface area contributed by atoms with Gasteiger partial charge in [-0.1, -0.05) is 22.0 Å². The first kappa shape index (κ1) is 12.0. The summed E-state index contributed by atoms with van der Waals surface area (Å²) in [5.74, 6) is 0.616. The molecule has 0 saturated carbocycles. The molecular formula is C11H13BrN2OS. The number of benzene rings is 1.